The van der Waals surface area contributed by atoms with Gasteiger partial charge in [0.05, 0.1) is 12.5 Å². The highest BCUT2D eigenvalue weighted by atomic mass is 16.6. The molecule has 0 aromatic heterocycles. The van der Waals surface area contributed by atoms with Crippen LogP contribution in [0.2, 0.25) is 0 Å². The fraction of sp³-hybridized carbons (Fsp3) is 0.556. The minimum absolute atomic E-state index is 0.466. The smallest absolute Gasteiger partial charge is 0.412 e. The molecule has 0 heterocycles. The number of carboxylic acid groups (broad SMARTS) is 1. The summed E-state index contributed by atoms with van der Waals surface area (Å²) >= 11 is 0. The summed E-state index contributed by atoms with van der Waals surface area (Å²) in [5, 5.41) is 12.4. The van der Waals surface area contributed by atoms with Gasteiger partial charge in [0.2, 0.25) is 0 Å². The SMILES string of the molecule is COc1cc(NC(=O)OC(C)(C)C)ccc1C1(C(=O)O)CCCC1. The molecule has 0 unspecified atom stereocenters. The summed E-state index contributed by atoms with van der Waals surface area (Å²) < 4.78 is 10.6. The second-order valence-electron chi connectivity index (χ2n) is 7.14. The fourth-order valence-electron chi connectivity index (χ4n) is 3.16. The van der Waals surface area contributed by atoms with E-state index in [9.17, 15) is 14.7 Å². The Morgan fingerprint density at radius 3 is 2.33 bits per heavy atom. The third-order valence-electron chi connectivity index (χ3n) is 4.23. The van der Waals surface area contributed by atoms with Gasteiger partial charge in [0, 0.05) is 17.3 Å². The number of rotatable bonds is 4. The highest BCUT2D eigenvalue weighted by Crippen LogP contribution is 2.45. The van der Waals surface area contributed by atoms with Crippen molar-refractivity contribution in [3.05, 3.63) is 23.8 Å². The van der Waals surface area contributed by atoms with E-state index in [0.717, 1.165) is 12.8 Å². The van der Waals surface area contributed by atoms with Crippen molar-refractivity contribution >= 4 is 17.7 Å². The van der Waals surface area contributed by atoms with Gasteiger partial charge in [-0.2, -0.15) is 0 Å². The molecule has 24 heavy (non-hydrogen) atoms. The molecule has 0 saturated heterocycles. The average Bonchev–Trinajstić information content (AvgIpc) is 2.95. The Hall–Kier alpha value is -2.24. The number of carbonyl (C=O) groups excluding carboxylic acids is 1. The van der Waals surface area contributed by atoms with Crippen molar-refractivity contribution in [1.82, 2.24) is 0 Å². The number of carbonyl (C=O) groups is 2. The molecule has 6 nitrogen and oxygen atoms in total. The normalized spacial score (nSPS) is 16.5. The summed E-state index contributed by atoms with van der Waals surface area (Å²) in [5.74, 6) is -0.362. The largest absolute Gasteiger partial charge is 0.496 e. The summed E-state index contributed by atoms with van der Waals surface area (Å²) in [5.41, 5.74) is -0.339. The number of carboxylic acids is 1. The van der Waals surface area contributed by atoms with Crippen molar-refractivity contribution in [3.63, 3.8) is 0 Å². The van der Waals surface area contributed by atoms with Crippen LogP contribution in [-0.4, -0.2) is 29.9 Å². The van der Waals surface area contributed by atoms with E-state index in [1.165, 1.54) is 7.11 Å². The first-order valence-electron chi connectivity index (χ1n) is 8.10. The van der Waals surface area contributed by atoms with Crippen molar-refractivity contribution in [3.8, 4) is 5.75 Å². The van der Waals surface area contributed by atoms with Crippen LogP contribution in [0.3, 0.4) is 0 Å². The summed E-state index contributed by atoms with van der Waals surface area (Å²) in [4.78, 5) is 23.7. The Bertz CT molecular complexity index is 627. The van der Waals surface area contributed by atoms with Crippen LogP contribution >= 0.6 is 0 Å². The van der Waals surface area contributed by atoms with E-state index in [1.807, 2.05) is 0 Å². The zero-order valence-corrected chi connectivity index (χ0v) is 14.6. The second kappa shape index (κ2) is 6.71. The van der Waals surface area contributed by atoms with E-state index in [2.05, 4.69) is 5.32 Å². The number of aliphatic carboxylic acids is 1. The van der Waals surface area contributed by atoms with Gasteiger partial charge in [-0.1, -0.05) is 18.9 Å². The monoisotopic (exact) mass is 335 g/mol. The highest BCUT2D eigenvalue weighted by Gasteiger charge is 2.44. The molecule has 1 aromatic rings. The predicted molar refractivity (Wildman–Crippen MR) is 90.6 cm³/mol. The van der Waals surface area contributed by atoms with Gasteiger partial charge in [-0.05, 0) is 39.7 Å². The first-order chi connectivity index (χ1) is 11.2. The van der Waals surface area contributed by atoms with Gasteiger partial charge in [0.1, 0.15) is 11.4 Å². The maximum atomic E-state index is 11.9. The van der Waals surface area contributed by atoms with E-state index < -0.39 is 23.1 Å². The van der Waals surface area contributed by atoms with Crippen LogP contribution in [0.1, 0.15) is 52.0 Å². The van der Waals surface area contributed by atoms with Crippen LogP contribution in [0.4, 0.5) is 10.5 Å². The van der Waals surface area contributed by atoms with Crippen LogP contribution in [0.5, 0.6) is 5.75 Å². The molecule has 0 radical (unpaired) electrons. The Balaban J connectivity index is 2.28. The molecule has 0 bridgehead atoms. The summed E-state index contributed by atoms with van der Waals surface area (Å²) in [6.07, 6.45) is 2.39. The molecule has 1 aliphatic rings. The molecule has 2 rings (SSSR count). The van der Waals surface area contributed by atoms with Crippen molar-refractivity contribution < 1.29 is 24.2 Å². The highest BCUT2D eigenvalue weighted by molar-refractivity contribution is 5.87. The molecule has 132 valence electrons. The molecule has 1 amide bonds. The van der Waals surface area contributed by atoms with E-state index in [1.54, 1.807) is 39.0 Å². The zero-order valence-electron chi connectivity index (χ0n) is 14.6. The van der Waals surface area contributed by atoms with Crippen molar-refractivity contribution in [2.75, 3.05) is 12.4 Å². The molecule has 0 spiro atoms. The maximum absolute atomic E-state index is 11.9. The van der Waals surface area contributed by atoms with Gasteiger partial charge >= 0.3 is 12.1 Å². The minimum Gasteiger partial charge on any atom is -0.496 e. The number of amides is 1. The third kappa shape index (κ3) is 3.80. The first-order valence-corrected chi connectivity index (χ1v) is 8.10. The Kier molecular flexibility index (Phi) is 5.06. The van der Waals surface area contributed by atoms with Crippen LogP contribution < -0.4 is 10.1 Å². The van der Waals surface area contributed by atoms with Gasteiger partial charge < -0.3 is 14.6 Å². The number of hydrogen-bond donors (Lipinski definition) is 2. The molecule has 0 aliphatic heterocycles. The van der Waals surface area contributed by atoms with E-state index in [4.69, 9.17) is 9.47 Å². The van der Waals surface area contributed by atoms with Gasteiger partial charge in [-0.3, -0.25) is 10.1 Å². The van der Waals surface area contributed by atoms with E-state index in [-0.39, 0.29) is 0 Å². The third-order valence-corrected chi connectivity index (χ3v) is 4.23. The summed E-state index contributed by atoms with van der Waals surface area (Å²) in [7, 11) is 1.50. The lowest BCUT2D eigenvalue weighted by Gasteiger charge is -2.27. The quantitative estimate of drug-likeness (QED) is 0.870. The number of ether oxygens (including phenoxy) is 2. The molecule has 6 heteroatoms. The summed E-state index contributed by atoms with van der Waals surface area (Å²) in [6, 6.07) is 5.05. The van der Waals surface area contributed by atoms with Gasteiger partial charge in [-0.15, -0.1) is 0 Å². The summed E-state index contributed by atoms with van der Waals surface area (Å²) in [6.45, 7) is 5.35. The van der Waals surface area contributed by atoms with Gasteiger partial charge in [0.25, 0.3) is 0 Å². The number of methoxy groups -OCH3 is 1. The lowest BCUT2D eigenvalue weighted by Crippen LogP contribution is -2.33. The van der Waals surface area contributed by atoms with E-state index >= 15 is 0 Å². The molecule has 2 N–H and O–H groups in total. The maximum Gasteiger partial charge on any atom is 0.412 e. The fourth-order valence-corrected chi connectivity index (χ4v) is 3.16. The second-order valence-corrected chi connectivity index (χ2v) is 7.14. The van der Waals surface area contributed by atoms with Crippen LogP contribution in [0.15, 0.2) is 18.2 Å². The molecule has 1 fully saturated rings. The van der Waals surface area contributed by atoms with Crippen molar-refractivity contribution in [1.29, 1.82) is 0 Å². The van der Waals surface area contributed by atoms with Crippen LogP contribution in [0, 0.1) is 0 Å². The predicted octanol–water partition coefficient (Wildman–Crippen LogP) is 3.94. The van der Waals surface area contributed by atoms with Crippen molar-refractivity contribution in [2.24, 2.45) is 0 Å². The molecule has 1 aliphatic carbocycles. The molecule has 0 atom stereocenters. The van der Waals surface area contributed by atoms with Gasteiger partial charge in [0.15, 0.2) is 0 Å². The number of anilines is 1. The molecular weight excluding hydrogens is 310 g/mol. The number of benzene rings is 1. The standard InChI is InChI=1S/C18H25NO5/c1-17(2,3)24-16(22)19-12-7-8-13(14(11-12)23-4)18(15(20)21)9-5-6-10-18/h7-8,11H,5-6,9-10H2,1-4H3,(H,19,22)(H,20,21). The lowest BCUT2D eigenvalue weighted by molar-refractivity contribution is -0.143. The minimum atomic E-state index is -0.907. The van der Waals surface area contributed by atoms with Gasteiger partial charge in [-0.25, -0.2) is 4.79 Å². The first kappa shape index (κ1) is 18.1. The molecule has 1 aromatic carbocycles. The number of nitrogens with one attached hydrogen (secondary N) is 1. The van der Waals surface area contributed by atoms with Crippen LogP contribution in [-0.2, 0) is 14.9 Å². The van der Waals surface area contributed by atoms with E-state index in [0.29, 0.717) is 29.8 Å². The Labute approximate surface area is 142 Å². The Morgan fingerprint density at radius 1 is 1.21 bits per heavy atom. The Morgan fingerprint density at radius 2 is 1.83 bits per heavy atom. The zero-order chi connectivity index (χ0) is 18.0. The van der Waals surface area contributed by atoms with Crippen LogP contribution in [0.25, 0.3) is 0 Å². The topological polar surface area (TPSA) is 84.9 Å². The average molecular weight is 335 g/mol. The van der Waals surface area contributed by atoms with Crippen molar-refractivity contribution in [2.45, 2.75) is 57.5 Å². The molecular formula is C18H25NO5. The number of hydrogen-bond acceptors (Lipinski definition) is 4. The lowest BCUT2D eigenvalue weighted by atomic mass is 9.78. The molecule has 1 saturated carbocycles.